The predicted molar refractivity (Wildman–Crippen MR) is 66.6 cm³/mol. The summed E-state index contributed by atoms with van der Waals surface area (Å²) in [6.07, 6.45) is 4.82. The minimum absolute atomic E-state index is 0.147. The van der Waals surface area contributed by atoms with Crippen LogP contribution in [0.5, 0.6) is 0 Å². The molecule has 0 amide bonds. The number of rotatable bonds is 2. The lowest BCUT2D eigenvalue weighted by Crippen LogP contribution is -2.45. The van der Waals surface area contributed by atoms with E-state index < -0.39 is 0 Å². The minimum atomic E-state index is -0.147. The molecule has 1 aliphatic heterocycles. The second-order valence-corrected chi connectivity index (χ2v) is 4.74. The lowest BCUT2D eigenvalue weighted by Gasteiger charge is -2.36. The minimum Gasteiger partial charge on any atom is -0.351 e. The van der Waals surface area contributed by atoms with Crippen LogP contribution >= 0.6 is 15.9 Å². The van der Waals surface area contributed by atoms with Crippen molar-refractivity contribution in [3.8, 4) is 0 Å². The molecule has 0 radical (unpaired) electrons. The van der Waals surface area contributed by atoms with Crippen molar-refractivity contribution in [1.82, 2.24) is 9.97 Å². The van der Waals surface area contributed by atoms with E-state index in [2.05, 4.69) is 30.8 Å². The zero-order valence-electron chi connectivity index (χ0n) is 8.95. The molecule has 1 aromatic heterocycles. The van der Waals surface area contributed by atoms with Crippen molar-refractivity contribution in [2.75, 3.05) is 18.0 Å². The Labute approximate surface area is 102 Å². The Morgan fingerprint density at radius 3 is 3.19 bits per heavy atom. The van der Waals surface area contributed by atoms with Crippen LogP contribution in [0.25, 0.3) is 0 Å². The van der Waals surface area contributed by atoms with Gasteiger partial charge in [0, 0.05) is 19.1 Å². The van der Waals surface area contributed by atoms with E-state index in [9.17, 15) is 4.79 Å². The van der Waals surface area contributed by atoms with Gasteiger partial charge in [0.05, 0.1) is 6.33 Å². The molecule has 1 aromatic rings. The summed E-state index contributed by atoms with van der Waals surface area (Å²) in [6, 6.07) is 0.291. The number of hydrogen-bond donors (Lipinski definition) is 2. The van der Waals surface area contributed by atoms with E-state index in [1.165, 1.54) is 12.7 Å². The van der Waals surface area contributed by atoms with Gasteiger partial charge in [0.25, 0.3) is 5.56 Å². The van der Waals surface area contributed by atoms with Gasteiger partial charge in [0.1, 0.15) is 4.47 Å². The molecule has 1 fully saturated rings. The number of nitrogens with zero attached hydrogens (tertiary/aromatic N) is 2. The van der Waals surface area contributed by atoms with Gasteiger partial charge in [-0.15, -0.1) is 0 Å². The highest BCUT2D eigenvalue weighted by Crippen LogP contribution is 2.26. The molecule has 2 heterocycles. The summed E-state index contributed by atoms with van der Waals surface area (Å²) in [4.78, 5) is 20.4. The van der Waals surface area contributed by atoms with Crippen LogP contribution in [0.1, 0.15) is 19.3 Å². The lowest BCUT2D eigenvalue weighted by atomic mass is 10.0. The Bertz CT molecular complexity index is 420. The maximum Gasteiger partial charge on any atom is 0.267 e. The molecule has 6 heteroatoms. The first kappa shape index (κ1) is 11.6. The first-order valence-corrected chi connectivity index (χ1v) is 6.23. The average molecular weight is 287 g/mol. The second-order valence-electron chi connectivity index (χ2n) is 3.95. The van der Waals surface area contributed by atoms with Crippen LogP contribution in [-0.2, 0) is 0 Å². The van der Waals surface area contributed by atoms with E-state index >= 15 is 0 Å². The first-order chi connectivity index (χ1) is 7.74. The smallest absolute Gasteiger partial charge is 0.267 e. The van der Waals surface area contributed by atoms with Gasteiger partial charge in [-0.3, -0.25) is 4.79 Å². The van der Waals surface area contributed by atoms with Crippen molar-refractivity contribution in [3.63, 3.8) is 0 Å². The Kier molecular flexibility index (Phi) is 3.60. The van der Waals surface area contributed by atoms with Crippen LogP contribution in [0.15, 0.2) is 15.6 Å². The number of hydrogen-bond acceptors (Lipinski definition) is 4. The molecule has 0 spiro atoms. The van der Waals surface area contributed by atoms with E-state index in [1.807, 2.05) is 0 Å². The molecular formula is C10H15BrN4O. The standard InChI is InChI=1S/C10H15BrN4O/c11-8-9(13-6-14-10(8)16)15-4-2-1-3-7(15)5-12/h6-7H,1-5,12H2,(H,13,14,16). The number of anilines is 1. The molecule has 1 atom stereocenters. The fraction of sp³-hybridized carbons (Fsp3) is 0.600. The summed E-state index contributed by atoms with van der Waals surface area (Å²) < 4.78 is 0.496. The van der Waals surface area contributed by atoms with E-state index in [0.29, 0.717) is 22.9 Å². The predicted octanol–water partition coefficient (Wildman–Crippen LogP) is 0.850. The maximum absolute atomic E-state index is 11.5. The molecule has 16 heavy (non-hydrogen) atoms. The maximum atomic E-state index is 11.5. The number of H-pyrrole nitrogens is 1. The van der Waals surface area contributed by atoms with E-state index in [0.717, 1.165) is 19.4 Å². The van der Waals surface area contributed by atoms with Crippen LogP contribution in [0, 0.1) is 0 Å². The van der Waals surface area contributed by atoms with E-state index in [-0.39, 0.29) is 5.56 Å². The molecule has 0 aromatic carbocycles. The van der Waals surface area contributed by atoms with Gasteiger partial charge in [0.2, 0.25) is 0 Å². The summed E-state index contributed by atoms with van der Waals surface area (Å²) in [5.41, 5.74) is 5.60. The zero-order valence-corrected chi connectivity index (χ0v) is 10.5. The van der Waals surface area contributed by atoms with Crippen molar-refractivity contribution in [1.29, 1.82) is 0 Å². The van der Waals surface area contributed by atoms with Crippen LogP contribution in [0.4, 0.5) is 5.82 Å². The third-order valence-corrected chi connectivity index (χ3v) is 3.66. The first-order valence-electron chi connectivity index (χ1n) is 5.44. The summed E-state index contributed by atoms with van der Waals surface area (Å²) in [5, 5.41) is 0. The number of aromatic nitrogens is 2. The molecule has 0 bridgehead atoms. The number of piperidine rings is 1. The molecule has 88 valence electrons. The molecule has 0 aliphatic carbocycles. The fourth-order valence-electron chi connectivity index (χ4n) is 2.10. The largest absolute Gasteiger partial charge is 0.351 e. The van der Waals surface area contributed by atoms with E-state index in [1.54, 1.807) is 0 Å². The molecule has 5 nitrogen and oxygen atoms in total. The molecule has 1 saturated heterocycles. The van der Waals surface area contributed by atoms with Crippen molar-refractivity contribution in [2.24, 2.45) is 5.73 Å². The molecule has 2 rings (SSSR count). The average Bonchev–Trinajstić information content (AvgIpc) is 2.33. The third kappa shape index (κ3) is 2.12. The fourth-order valence-corrected chi connectivity index (χ4v) is 2.54. The number of nitrogens with two attached hydrogens (primary N) is 1. The molecule has 3 N–H and O–H groups in total. The molecular weight excluding hydrogens is 272 g/mol. The van der Waals surface area contributed by atoms with Crippen LogP contribution < -0.4 is 16.2 Å². The normalized spacial score (nSPS) is 21.1. The van der Waals surface area contributed by atoms with Crippen LogP contribution in [0.3, 0.4) is 0 Å². The Morgan fingerprint density at radius 1 is 1.62 bits per heavy atom. The molecule has 1 unspecified atom stereocenters. The summed E-state index contributed by atoms with van der Waals surface area (Å²) in [7, 11) is 0. The van der Waals surface area contributed by atoms with Gasteiger partial charge >= 0.3 is 0 Å². The van der Waals surface area contributed by atoms with Gasteiger partial charge < -0.3 is 15.6 Å². The van der Waals surface area contributed by atoms with Crippen molar-refractivity contribution < 1.29 is 0 Å². The summed E-state index contributed by atoms with van der Waals surface area (Å²) in [5.74, 6) is 0.707. The zero-order chi connectivity index (χ0) is 11.5. The van der Waals surface area contributed by atoms with Gasteiger partial charge in [-0.25, -0.2) is 4.98 Å². The second kappa shape index (κ2) is 4.97. The molecule has 1 aliphatic rings. The summed E-state index contributed by atoms with van der Waals surface area (Å²) >= 11 is 3.28. The van der Waals surface area contributed by atoms with Crippen LogP contribution in [0.2, 0.25) is 0 Å². The summed E-state index contributed by atoms with van der Waals surface area (Å²) in [6.45, 7) is 1.51. The quantitative estimate of drug-likeness (QED) is 0.845. The highest BCUT2D eigenvalue weighted by molar-refractivity contribution is 9.10. The number of aromatic amines is 1. The number of halogens is 1. The van der Waals surface area contributed by atoms with Crippen molar-refractivity contribution in [2.45, 2.75) is 25.3 Å². The lowest BCUT2D eigenvalue weighted by molar-refractivity contribution is 0.461. The number of nitrogens with one attached hydrogen (secondary N) is 1. The highest BCUT2D eigenvalue weighted by Gasteiger charge is 2.24. The van der Waals surface area contributed by atoms with Gasteiger partial charge in [-0.2, -0.15) is 0 Å². The highest BCUT2D eigenvalue weighted by atomic mass is 79.9. The van der Waals surface area contributed by atoms with Crippen molar-refractivity contribution in [3.05, 3.63) is 21.2 Å². The van der Waals surface area contributed by atoms with Crippen LogP contribution in [-0.4, -0.2) is 29.1 Å². The van der Waals surface area contributed by atoms with Gasteiger partial charge in [0.15, 0.2) is 5.82 Å². The van der Waals surface area contributed by atoms with Crippen molar-refractivity contribution >= 4 is 21.7 Å². The Balaban J connectivity index is 2.34. The van der Waals surface area contributed by atoms with Gasteiger partial charge in [-0.1, -0.05) is 0 Å². The SMILES string of the molecule is NCC1CCCCN1c1nc[nH]c(=O)c1Br. The van der Waals surface area contributed by atoms with Gasteiger partial charge in [-0.05, 0) is 35.2 Å². The Hall–Kier alpha value is -0.880. The van der Waals surface area contributed by atoms with E-state index in [4.69, 9.17) is 5.73 Å². The Morgan fingerprint density at radius 2 is 2.44 bits per heavy atom. The topological polar surface area (TPSA) is 75.0 Å². The third-order valence-electron chi connectivity index (χ3n) is 2.95. The molecule has 0 saturated carbocycles. The monoisotopic (exact) mass is 286 g/mol.